The van der Waals surface area contributed by atoms with Gasteiger partial charge >= 0.3 is 5.69 Å². The third-order valence-corrected chi connectivity index (χ3v) is 6.76. The van der Waals surface area contributed by atoms with E-state index in [0.717, 1.165) is 37.9 Å². The lowest BCUT2D eigenvalue weighted by Gasteiger charge is -2.41. The van der Waals surface area contributed by atoms with Crippen LogP contribution in [0.2, 0.25) is 0 Å². The Bertz CT molecular complexity index is 1010. The molecular weight excluding hydrogens is 403 g/mol. The van der Waals surface area contributed by atoms with Gasteiger partial charge in [0, 0.05) is 38.7 Å². The number of rotatable bonds is 5. The number of amides is 1. The standard InChI is InChI=1S/C22H29FN4O4/c1-30-14-13-27-21(29)26-12-9-22(6-5-19(26)24-27)7-10-25(11-8-22)20(28)16-3-4-18(31-2)17(23)15-16/h3-4,15H,5-14H2,1-2H3. The second-order valence-corrected chi connectivity index (χ2v) is 8.46. The molecule has 0 saturated carbocycles. The Balaban J connectivity index is 1.39. The zero-order chi connectivity index (χ0) is 22.0. The Labute approximate surface area is 180 Å². The van der Waals surface area contributed by atoms with Crippen molar-refractivity contribution < 1.29 is 18.7 Å². The molecule has 1 saturated heterocycles. The van der Waals surface area contributed by atoms with E-state index in [0.29, 0.717) is 38.3 Å². The van der Waals surface area contributed by atoms with E-state index < -0.39 is 5.82 Å². The van der Waals surface area contributed by atoms with Gasteiger partial charge in [0.1, 0.15) is 5.82 Å². The van der Waals surface area contributed by atoms with Crippen LogP contribution in [-0.4, -0.2) is 59.1 Å². The number of benzene rings is 1. The van der Waals surface area contributed by atoms with Gasteiger partial charge in [-0.05, 0) is 49.3 Å². The van der Waals surface area contributed by atoms with Crippen molar-refractivity contribution >= 4 is 5.91 Å². The van der Waals surface area contributed by atoms with Gasteiger partial charge in [-0.1, -0.05) is 0 Å². The molecule has 1 amide bonds. The number of fused-ring (bicyclic) bond motifs is 1. The van der Waals surface area contributed by atoms with Crippen LogP contribution in [0.5, 0.6) is 5.75 Å². The lowest BCUT2D eigenvalue weighted by atomic mass is 9.72. The van der Waals surface area contributed by atoms with Gasteiger partial charge in [0.15, 0.2) is 11.6 Å². The summed E-state index contributed by atoms with van der Waals surface area (Å²) in [5.74, 6) is 0.284. The number of halogens is 1. The third kappa shape index (κ3) is 4.23. The number of hydrogen-bond acceptors (Lipinski definition) is 5. The van der Waals surface area contributed by atoms with Gasteiger partial charge in [-0.15, -0.1) is 0 Å². The van der Waals surface area contributed by atoms with E-state index in [-0.39, 0.29) is 22.8 Å². The average molecular weight is 432 g/mol. The number of hydrogen-bond donors (Lipinski definition) is 0. The monoisotopic (exact) mass is 432 g/mol. The maximum absolute atomic E-state index is 14.0. The second kappa shape index (κ2) is 8.82. The summed E-state index contributed by atoms with van der Waals surface area (Å²) in [4.78, 5) is 27.3. The van der Waals surface area contributed by atoms with Gasteiger partial charge < -0.3 is 14.4 Å². The first-order valence-electron chi connectivity index (χ1n) is 10.7. The highest BCUT2D eigenvalue weighted by Gasteiger charge is 2.38. The van der Waals surface area contributed by atoms with Gasteiger partial charge in [0.05, 0.1) is 20.3 Å². The summed E-state index contributed by atoms with van der Waals surface area (Å²) in [6.07, 6.45) is 4.36. The van der Waals surface area contributed by atoms with Gasteiger partial charge in [-0.3, -0.25) is 9.36 Å². The molecule has 0 atom stereocenters. The van der Waals surface area contributed by atoms with Crippen LogP contribution >= 0.6 is 0 Å². The Morgan fingerprint density at radius 2 is 1.90 bits per heavy atom. The quantitative estimate of drug-likeness (QED) is 0.723. The molecule has 1 aromatic carbocycles. The van der Waals surface area contributed by atoms with Crippen molar-refractivity contribution in [1.82, 2.24) is 19.2 Å². The molecule has 4 rings (SSSR count). The Morgan fingerprint density at radius 1 is 1.16 bits per heavy atom. The van der Waals surface area contributed by atoms with Gasteiger partial charge in [0.25, 0.3) is 5.91 Å². The maximum atomic E-state index is 14.0. The number of aromatic nitrogens is 3. The predicted octanol–water partition coefficient (Wildman–Crippen LogP) is 2.10. The zero-order valence-electron chi connectivity index (χ0n) is 18.1. The minimum absolute atomic E-state index is 0.0711. The van der Waals surface area contributed by atoms with Gasteiger partial charge in [0.2, 0.25) is 0 Å². The third-order valence-electron chi connectivity index (χ3n) is 6.76. The molecule has 1 fully saturated rings. The van der Waals surface area contributed by atoms with Crippen LogP contribution in [0.1, 0.15) is 41.9 Å². The highest BCUT2D eigenvalue weighted by Crippen LogP contribution is 2.41. The number of nitrogens with zero attached hydrogens (tertiary/aromatic N) is 4. The van der Waals surface area contributed by atoms with Crippen molar-refractivity contribution in [2.24, 2.45) is 5.41 Å². The lowest BCUT2D eigenvalue weighted by Crippen LogP contribution is -2.43. The highest BCUT2D eigenvalue weighted by molar-refractivity contribution is 5.94. The van der Waals surface area contributed by atoms with E-state index in [9.17, 15) is 14.0 Å². The normalized spacial score (nSPS) is 18.0. The molecule has 8 nitrogen and oxygen atoms in total. The first kappa shape index (κ1) is 21.5. The van der Waals surface area contributed by atoms with Crippen molar-refractivity contribution in [2.45, 2.75) is 45.2 Å². The lowest BCUT2D eigenvalue weighted by molar-refractivity contribution is 0.0534. The van der Waals surface area contributed by atoms with E-state index in [2.05, 4.69) is 5.10 Å². The summed E-state index contributed by atoms with van der Waals surface area (Å²) >= 11 is 0. The van der Waals surface area contributed by atoms with Crippen LogP contribution < -0.4 is 10.4 Å². The number of methoxy groups -OCH3 is 2. The Morgan fingerprint density at radius 3 is 2.58 bits per heavy atom. The van der Waals surface area contributed by atoms with E-state index in [1.54, 1.807) is 22.6 Å². The predicted molar refractivity (Wildman–Crippen MR) is 112 cm³/mol. The molecule has 0 N–H and O–H groups in total. The summed E-state index contributed by atoms with van der Waals surface area (Å²) in [6.45, 7) is 2.84. The van der Waals surface area contributed by atoms with E-state index in [4.69, 9.17) is 9.47 Å². The molecular formula is C22H29FN4O4. The molecule has 3 heterocycles. The molecule has 0 radical (unpaired) electrons. The smallest absolute Gasteiger partial charge is 0.345 e. The first-order chi connectivity index (χ1) is 15.0. The van der Waals surface area contributed by atoms with E-state index in [1.807, 2.05) is 0 Å². The maximum Gasteiger partial charge on any atom is 0.345 e. The van der Waals surface area contributed by atoms with Crippen LogP contribution in [-0.2, 0) is 24.2 Å². The molecule has 0 aliphatic carbocycles. The largest absolute Gasteiger partial charge is 0.494 e. The van der Waals surface area contributed by atoms with Crippen molar-refractivity contribution in [2.75, 3.05) is 33.9 Å². The number of ether oxygens (including phenoxy) is 2. The molecule has 1 spiro atoms. The molecule has 1 aromatic heterocycles. The fraction of sp³-hybridized carbons (Fsp3) is 0.591. The number of aryl methyl sites for hydroxylation is 1. The summed E-state index contributed by atoms with van der Waals surface area (Å²) < 4.78 is 27.3. The first-order valence-corrected chi connectivity index (χ1v) is 10.7. The van der Waals surface area contributed by atoms with Crippen LogP contribution in [0.25, 0.3) is 0 Å². The SMILES string of the molecule is COCCn1nc2n(c1=O)CCC1(CC2)CCN(C(=O)c2ccc(OC)c(F)c2)CC1. The topological polar surface area (TPSA) is 78.6 Å². The molecule has 31 heavy (non-hydrogen) atoms. The van der Waals surface area contributed by atoms with Crippen molar-refractivity contribution in [3.63, 3.8) is 0 Å². The van der Waals surface area contributed by atoms with Crippen molar-refractivity contribution in [3.8, 4) is 5.75 Å². The minimum Gasteiger partial charge on any atom is -0.494 e. The summed E-state index contributed by atoms with van der Waals surface area (Å²) in [5.41, 5.74) is 0.372. The Kier molecular flexibility index (Phi) is 6.13. The summed E-state index contributed by atoms with van der Waals surface area (Å²) in [5, 5.41) is 4.51. The molecule has 2 aliphatic rings. The fourth-order valence-electron chi connectivity index (χ4n) is 4.74. The van der Waals surface area contributed by atoms with Crippen LogP contribution in [0.4, 0.5) is 4.39 Å². The fourth-order valence-corrected chi connectivity index (χ4v) is 4.74. The van der Waals surface area contributed by atoms with Gasteiger partial charge in [-0.2, -0.15) is 5.10 Å². The average Bonchev–Trinajstić information content (AvgIpc) is 2.98. The highest BCUT2D eigenvalue weighted by atomic mass is 19.1. The van der Waals surface area contributed by atoms with Crippen molar-refractivity contribution in [3.05, 3.63) is 45.9 Å². The molecule has 168 valence electrons. The zero-order valence-corrected chi connectivity index (χ0v) is 18.1. The number of piperidine rings is 1. The summed E-state index contributed by atoms with van der Waals surface area (Å²) in [6, 6.07) is 4.33. The van der Waals surface area contributed by atoms with Crippen LogP contribution in [0, 0.1) is 11.2 Å². The minimum atomic E-state index is -0.531. The van der Waals surface area contributed by atoms with Crippen LogP contribution in [0.3, 0.4) is 0 Å². The van der Waals surface area contributed by atoms with E-state index >= 15 is 0 Å². The van der Waals surface area contributed by atoms with Crippen molar-refractivity contribution in [1.29, 1.82) is 0 Å². The molecule has 2 aromatic rings. The van der Waals surface area contributed by atoms with Crippen LogP contribution in [0.15, 0.2) is 23.0 Å². The summed E-state index contributed by atoms with van der Waals surface area (Å²) in [7, 11) is 3.01. The molecule has 0 unspecified atom stereocenters. The number of carbonyl (C=O) groups is 1. The number of likely N-dealkylation sites (tertiary alicyclic amines) is 1. The molecule has 2 aliphatic heterocycles. The molecule has 9 heteroatoms. The molecule has 0 bridgehead atoms. The number of carbonyl (C=O) groups excluding carboxylic acids is 1. The van der Waals surface area contributed by atoms with E-state index in [1.165, 1.54) is 23.9 Å². The van der Waals surface area contributed by atoms with Gasteiger partial charge in [-0.25, -0.2) is 13.9 Å². The Hall–Kier alpha value is -2.68. The second-order valence-electron chi connectivity index (χ2n) is 8.46.